The summed E-state index contributed by atoms with van der Waals surface area (Å²) in [6.07, 6.45) is 4.44. The van der Waals surface area contributed by atoms with Gasteiger partial charge >= 0.3 is 11.8 Å². The van der Waals surface area contributed by atoms with Crippen LogP contribution >= 0.6 is 23.2 Å². The molecule has 0 bridgehead atoms. The van der Waals surface area contributed by atoms with Gasteiger partial charge in [-0.05, 0) is 56.8 Å². The second kappa shape index (κ2) is 10.00. The van der Waals surface area contributed by atoms with E-state index in [1.54, 1.807) is 18.2 Å². The van der Waals surface area contributed by atoms with E-state index in [0.29, 0.717) is 17.3 Å². The number of hydrogen-bond acceptors (Lipinski definition) is 3. The Morgan fingerprint density at radius 3 is 2.80 bits per heavy atom. The molecule has 2 amide bonds. The van der Waals surface area contributed by atoms with Gasteiger partial charge in [-0.25, -0.2) is 0 Å². The molecule has 0 saturated carbocycles. The third kappa shape index (κ3) is 6.49. The van der Waals surface area contributed by atoms with Crippen molar-refractivity contribution in [2.45, 2.75) is 32.6 Å². The summed E-state index contributed by atoms with van der Waals surface area (Å²) in [5.41, 5.74) is 0.327. The number of nitrogens with zero attached hydrogens (tertiary/aromatic N) is 1. The fourth-order valence-electron chi connectivity index (χ4n) is 3.01. The van der Waals surface area contributed by atoms with E-state index in [9.17, 15) is 9.59 Å². The van der Waals surface area contributed by atoms with Crippen LogP contribution in [0, 0.1) is 5.92 Å². The number of anilines is 1. The molecule has 5 nitrogen and oxygen atoms in total. The number of amides is 2. The predicted octanol–water partition coefficient (Wildman–Crippen LogP) is 3.56. The monoisotopic (exact) mass is 385 g/mol. The third-order valence-corrected chi connectivity index (χ3v) is 5.15. The highest BCUT2D eigenvalue weighted by Crippen LogP contribution is 2.29. The number of unbranched alkanes of at least 4 members (excludes halogenated alkanes) is 1. The average Bonchev–Trinajstić information content (AvgIpc) is 2.58. The lowest BCUT2D eigenvalue weighted by atomic mass is 10.0. The first kappa shape index (κ1) is 20.0. The smallest absolute Gasteiger partial charge is 0.313 e. The molecule has 25 heavy (non-hydrogen) atoms. The van der Waals surface area contributed by atoms with Gasteiger partial charge in [0.25, 0.3) is 0 Å². The largest absolute Gasteiger partial charge is 0.348 e. The van der Waals surface area contributed by atoms with E-state index in [4.69, 9.17) is 23.2 Å². The maximum atomic E-state index is 11.9. The van der Waals surface area contributed by atoms with E-state index in [0.717, 1.165) is 31.8 Å². The minimum atomic E-state index is -0.742. The van der Waals surface area contributed by atoms with Crippen LogP contribution < -0.4 is 10.6 Å². The van der Waals surface area contributed by atoms with E-state index in [1.165, 1.54) is 19.4 Å². The molecule has 0 spiro atoms. The van der Waals surface area contributed by atoms with Crippen LogP contribution in [0.25, 0.3) is 0 Å². The maximum Gasteiger partial charge on any atom is 0.313 e. The van der Waals surface area contributed by atoms with Crippen LogP contribution in [-0.4, -0.2) is 42.9 Å². The number of hydrogen-bond donors (Lipinski definition) is 2. The molecular weight excluding hydrogens is 361 g/mol. The maximum absolute atomic E-state index is 11.9. The first-order valence-corrected chi connectivity index (χ1v) is 9.48. The summed E-state index contributed by atoms with van der Waals surface area (Å²) >= 11 is 11.9. The molecule has 2 rings (SSSR count). The van der Waals surface area contributed by atoms with E-state index in [1.807, 2.05) is 0 Å². The van der Waals surface area contributed by atoms with Crippen LogP contribution in [0.5, 0.6) is 0 Å². The van der Waals surface area contributed by atoms with Crippen molar-refractivity contribution in [2.24, 2.45) is 5.92 Å². The first-order chi connectivity index (χ1) is 12.0. The zero-order valence-electron chi connectivity index (χ0n) is 14.5. The molecule has 0 aliphatic carbocycles. The SMILES string of the molecule is CC1CCCN(CCCCNC(=O)C(=O)Nc2cccc(Cl)c2Cl)C1. The third-order valence-electron chi connectivity index (χ3n) is 4.33. The highest BCUT2D eigenvalue weighted by Gasteiger charge is 2.17. The van der Waals surface area contributed by atoms with Gasteiger partial charge in [0.15, 0.2) is 0 Å². The lowest BCUT2D eigenvalue weighted by molar-refractivity contribution is -0.136. The number of rotatable bonds is 6. The number of carbonyl (C=O) groups excluding carboxylic acids is 2. The summed E-state index contributed by atoms with van der Waals surface area (Å²) in [5, 5.41) is 5.66. The Kier molecular flexibility index (Phi) is 8.00. The summed E-state index contributed by atoms with van der Waals surface area (Å²) in [6, 6.07) is 4.87. The molecule has 1 aromatic carbocycles. The van der Waals surface area contributed by atoms with Crippen molar-refractivity contribution in [3.63, 3.8) is 0 Å². The summed E-state index contributed by atoms with van der Waals surface area (Å²) in [7, 11) is 0. The Balaban J connectivity index is 1.64. The van der Waals surface area contributed by atoms with Crippen LogP contribution in [-0.2, 0) is 9.59 Å². The molecule has 1 fully saturated rings. The second-order valence-electron chi connectivity index (χ2n) is 6.57. The highest BCUT2D eigenvalue weighted by atomic mass is 35.5. The Labute approximate surface area is 159 Å². The molecule has 1 aliphatic heterocycles. The molecule has 1 saturated heterocycles. The van der Waals surface area contributed by atoms with Crippen LogP contribution in [0.1, 0.15) is 32.6 Å². The molecule has 7 heteroatoms. The van der Waals surface area contributed by atoms with Crippen molar-refractivity contribution >= 4 is 40.7 Å². The average molecular weight is 386 g/mol. The Bertz CT molecular complexity index is 610. The normalized spacial score (nSPS) is 18.0. The molecule has 0 radical (unpaired) electrons. The topological polar surface area (TPSA) is 61.4 Å². The lowest BCUT2D eigenvalue weighted by Crippen LogP contribution is -2.37. The van der Waals surface area contributed by atoms with Crippen molar-refractivity contribution in [3.8, 4) is 0 Å². The lowest BCUT2D eigenvalue weighted by Gasteiger charge is -2.30. The Hall–Kier alpha value is -1.30. The summed E-state index contributed by atoms with van der Waals surface area (Å²) < 4.78 is 0. The van der Waals surface area contributed by atoms with Gasteiger partial charge in [0.1, 0.15) is 0 Å². The Morgan fingerprint density at radius 1 is 1.24 bits per heavy atom. The number of likely N-dealkylation sites (tertiary alicyclic amines) is 1. The molecule has 1 unspecified atom stereocenters. The molecule has 1 heterocycles. The highest BCUT2D eigenvalue weighted by molar-refractivity contribution is 6.45. The van der Waals surface area contributed by atoms with Gasteiger partial charge in [-0.2, -0.15) is 0 Å². The molecule has 1 aromatic rings. The molecule has 2 N–H and O–H groups in total. The number of nitrogens with one attached hydrogen (secondary N) is 2. The summed E-state index contributed by atoms with van der Waals surface area (Å²) in [4.78, 5) is 26.2. The molecule has 1 atom stereocenters. The number of piperidine rings is 1. The first-order valence-electron chi connectivity index (χ1n) is 8.73. The minimum absolute atomic E-state index is 0.223. The van der Waals surface area contributed by atoms with Crippen molar-refractivity contribution < 1.29 is 9.59 Å². The number of carbonyl (C=O) groups is 2. The summed E-state index contributed by atoms with van der Waals surface area (Å²) in [6.45, 7) is 6.15. The van der Waals surface area contributed by atoms with E-state index < -0.39 is 11.8 Å². The van der Waals surface area contributed by atoms with Crippen molar-refractivity contribution in [1.82, 2.24) is 10.2 Å². The van der Waals surface area contributed by atoms with Gasteiger partial charge in [0.2, 0.25) is 0 Å². The fraction of sp³-hybridized carbons (Fsp3) is 0.556. The quantitative estimate of drug-likeness (QED) is 0.581. The predicted molar refractivity (Wildman–Crippen MR) is 102 cm³/mol. The second-order valence-corrected chi connectivity index (χ2v) is 7.35. The van der Waals surface area contributed by atoms with Gasteiger partial charge in [-0.15, -0.1) is 0 Å². The minimum Gasteiger partial charge on any atom is -0.348 e. The molecule has 0 aromatic heterocycles. The van der Waals surface area contributed by atoms with Crippen molar-refractivity contribution in [1.29, 1.82) is 0 Å². The fourth-order valence-corrected chi connectivity index (χ4v) is 3.36. The van der Waals surface area contributed by atoms with Gasteiger partial charge < -0.3 is 15.5 Å². The van der Waals surface area contributed by atoms with Crippen LogP contribution in [0.2, 0.25) is 10.0 Å². The van der Waals surface area contributed by atoms with Crippen molar-refractivity contribution in [2.75, 3.05) is 31.5 Å². The molecular formula is C18H25Cl2N3O2. The van der Waals surface area contributed by atoms with Gasteiger partial charge in [-0.1, -0.05) is 36.2 Å². The van der Waals surface area contributed by atoms with Crippen molar-refractivity contribution in [3.05, 3.63) is 28.2 Å². The van der Waals surface area contributed by atoms with E-state index in [-0.39, 0.29) is 5.02 Å². The molecule has 1 aliphatic rings. The van der Waals surface area contributed by atoms with Crippen LogP contribution in [0.3, 0.4) is 0 Å². The van der Waals surface area contributed by atoms with E-state index >= 15 is 0 Å². The number of halogens is 2. The van der Waals surface area contributed by atoms with Gasteiger partial charge in [-0.3, -0.25) is 9.59 Å². The zero-order valence-corrected chi connectivity index (χ0v) is 16.0. The summed E-state index contributed by atoms with van der Waals surface area (Å²) in [5.74, 6) is -0.632. The van der Waals surface area contributed by atoms with Gasteiger partial charge in [0.05, 0.1) is 15.7 Å². The van der Waals surface area contributed by atoms with E-state index in [2.05, 4.69) is 22.5 Å². The van der Waals surface area contributed by atoms with Crippen LogP contribution in [0.4, 0.5) is 5.69 Å². The standard InChI is InChI=1S/C18H25Cl2N3O2/c1-13-6-5-11-23(12-13)10-3-2-9-21-17(24)18(25)22-15-8-4-7-14(19)16(15)20/h4,7-8,13H,2-3,5-6,9-12H2,1H3,(H,21,24)(H,22,25). The zero-order chi connectivity index (χ0) is 18.2. The Morgan fingerprint density at radius 2 is 2.04 bits per heavy atom. The molecule has 138 valence electrons. The van der Waals surface area contributed by atoms with Crippen LogP contribution in [0.15, 0.2) is 18.2 Å². The number of benzene rings is 1. The van der Waals surface area contributed by atoms with Gasteiger partial charge in [0, 0.05) is 13.1 Å².